The van der Waals surface area contributed by atoms with Crippen LogP contribution in [0, 0.1) is 13.8 Å². The second-order valence-electron chi connectivity index (χ2n) is 7.32. The average Bonchev–Trinajstić information content (AvgIpc) is 2.74. The summed E-state index contributed by atoms with van der Waals surface area (Å²) in [7, 11) is 1.67. The highest BCUT2D eigenvalue weighted by Crippen LogP contribution is 2.24. The zero-order valence-electron chi connectivity index (χ0n) is 17.0. The first-order valence-electron chi connectivity index (χ1n) is 9.73. The van der Waals surface area contributed by atoms with Crippen molar-refractivity contribution in [3.05, 3.63) is 83.0 Å². The highest BCUT2D eigenvalue weighted by atomic mass is 16.5. The maximum absolute atomic E-state index is 12.6. The molecular formula is C25H24N2O2. The fourth-order valence-electron chi connectivity index (χ4n) is 3.76. The van der Waals surface area contributed by atoms with Gasteiger partial charge in [0.15, 0.2) is 0 Å². The average molecular weight is 384 g/mol. The maximum Gasteiger partial charge on any atom is 0.224 e. The topological polar surface area (TPSA) is 51.2 Å². The highest BCUT2D eigenvalue weighted by molar-refractivity contribution is 5.87. The molecule has 0 atom stereocenters. The predicted molar refractivity (Wildman–Crippen MR) is 117 cm³/mol. The number of carbonyl (C=O) groups is 1. The van der Waals surface area contributed by atoms with E-state index in [2.05, 4.69) is 35.4 Å². The molecule has 4 heteroatoms. The summed E-state index contributed by atoms with van der Waals surface area (Å²) in [5.41, 5.74) is 5.09. The fraction of sp³-hybridized carbons (Fsp3) is 0.200. The zero-order chi connectivity index (χ0) is 20.4. The van der Waals surface area contributed by atoms with Crippen molar-refractivity contribution in [3.8, 4) is 5.75 Å². The zero-order valence-corrected chi connectivity index (χ0v) is 17.0. The third-order valence-corrected chi connectivity index (χ3v) is 5.42. The number of para-hydroxylation sites is 1. The van der Waals surface area contributed by atoms with Crippen molar-refractivity contribution in [1.82, 2.24) is 10.3 Å². The molecule has 1 aromatic heterocycles. The summed E-state index contributed by atoms with van der Waals surface area (Å²) < 4.78 is 5.27. The molecule has 0 fully saturated rings. The third-order valence-electron chi connectivity index (χ3n) is 5.42. The Balaban J connectivity index is 1.48. The molecule has 4 aromatic rings. The smallest absolute Gasteiger partial charge is 0.224 e. The van der Waals surface area contributed by atoms with Gasteiger partial charge in [-0.3, -0.25) is 9.78 Å². The van der Waals surface area contributed by atoms with Gasteiger partial charge in [0.25, 0.3) is 0 Å². The number of fused-ring (bicyclic) bond motifs is 2. The van der Waals surface area contributed by atoms with Gasteiger partial charge in [-0.15, -0.1) is 0 Å². The van der Waals surface area contributed by atoms with Crippen LogP contribution in [0.15, 0.2) is 60.7 Å². The summed E-state index contributed by atoms with van der Waals surface area (Å²) in [5.74, 6) is 0.844. The van der Waals surface area contributed by atoms with Crippen LogP contribution in [0.5, 0.6) is 5.75 Å². The monoisotopic (exact) mass is 384 g/mol. The molecule has 1 heterocycles. The quantitative estimate of drug-likeness (QED) is 0.534. The maximum atomic E-state index is 12.6. The third kappa shape index (κ3) is 3.92. The summed E-state index contributed by atoms with van der Waals surface area (Å²) >= 11 is 0. The lowest BCUT2D eigenvalue weighted by Gasteiger charge is -2.13. The van der Waals surface area contributed by atoms with Crippen LogP contribution in [0.4, 0.5) is 0 Å². The molecule has 4 nitrogen and oxygen atoms in total. The van der Waals surface area contributed by atoms with E-state index in [1.165, 1.54) is 0 Å². The summed E-state index contributed by atoms with van der Waals surface area (Å²) in [5, 5.41) is 6.39. The fourth-order valence-corrected chi connectivity index (χ4v) is 3.76. The molecule has 0 spiro atoms. The molecule has 0 radical (unpaired) electrons. The summed E-state index contributed by atoms with van der Waals surface area (Å²) in [6, 6.07) is 20.2. The number of ether oxygens (including phenoxy) is 1. The number of benzene rings is 3. The number of aromatic nitrogens is 1. The standard InChI is InChI=1S/C25H24N2O2/c1-16-22-6-4-5-7-24(22)27-17(2)23(16)14-25(28)26-15-18-8-9-20-13-21(29-3)11-10-19(20)12-18/h4-13H,14-15H2,1-3H3,(H,26,28). The van der Waals surface area contributed by atoms with Gasteiger partial charge in [-0.25, -0.2) is 0 Å². The van der Waals surface area contributed by atoms with Gasteiger partial charge in [-0.05, 0) is 65.6 Å². The lowest BCUT2D eigenvalue weighted by atomic mass is 9.99. The molecule has 0 saturated carbocycles. The molecule has 0 aliphatic rings. The molecule has 146 valence electrons. The number of methoxy groups -OCH3 is 1. The molecule has 1 amide bonds. The van der Waals surface area contributed by atoms with Crippen LogP contribution in [0.2, 0.25) is 0 Å². The first kappa shape index (κ1) is 18.9. The van der Waals surface area contributed by atoms with E-state index >= 15 is 0 Å². The number of amides is 1. The molecule has 1 N–H and O–H groups in total. The van der Waals surface area contributed by atoms with E-state index < -0.39 is 0 Å². The molecule has 0 bridgehead atoms. The van der Waals surface area contributed by atoms with Crippen molar-refractivity contribution in [2.24, 2.45) is 0 Å². The Hall–Kier alpha value is -3.40. The van der Waals surface area contributed by atoms with Crippen molar-refractivity contribution < 1.29 is 9.53 Å². The van der Waals surface area contributed by atoms with Gasteiger partial charge in [0.1, 0.15) is 5.75 Å². The molecule has 0 unspecified atom stereocenters. The lowest BCUT2D eigenvalue weighted by Crippen LogP contribution is -2.25. The van der Waals surface area contributed by atoms with Gasteiger partial charge in [-0.2, -0.15) is 0 Å². The number of pyridine rings is 1. The van der Waals surface area contributed by atoms with Crippen LogP contribution in [-0.2, 0) is 17.8 Å². The second-order valence-corrected chi connectivity index (χ2v) is 7.32. The molecule has 0 saturated heterocycles. The first-order chi connectivity index (χ1) is 14.0. The van der Waals surface area contributed by atoms with Crippen molar-refractivity contribution >= 4 is 27.6 Å². The number of aryl methyl sites for hydroxylation is 2. The number of hydrogen-bond donors (Lipinski definition) is 1. The highest BCUT2D eigenvalue weighted by Gasteiger charge is 2.13. The Labute approximate surface area is 170 Å². The van der Waals surface area contributed by atoms with Crippen molar-refractivity contribution in [2.75, 3.05) is 7.11 Å². The molecule has 0 aliphatic carbocycles. The van der Waals surface area contributed by atoms with Gasteiger partial charge in [0.2, 0.25) is 5.91 Å². The predicted octanol–water partition coefficient (Wildman–Crippen LogP) is 4.87. The van der Waals surface area contributed by atoms with Crippen molar-refractivity contribution in [3.63, 3.8) is 0 Å². The van der Waals surface area contributed by atoms with E-state index in [0.717, 1.165) is 49.8 Å². The Morgan fingerprint density at radius 3 is 2.59 bits per heavy atom. The summed E-state index contributed by atoms with van der Waals surface area (Å²) in [4.78, 5) is 17.3. The SMILES string of the molecule is COc1ccc2cc(CNC(=O)Cc3c(C)nc4ccccc4c3C)ccc2c1. The number of nitrogens with one attached hydrogen (secondary N) is 1. The Morgan fingerprint density at radius 2 is 1.76 bits per heavy atom. The van der Waals surface area contributed by atoms with Crippen molar-refractivity contribution in [2.45, 2.75) is 26.8 Å². The normalized spacial score (nSPS) is 11.0. The number of hydrogen-bond acceptors (Lipinski definition) is 3. The minimum absolute atomic E-state index is 0.00288. The summed E-state index contributed by atoms with van der Waals surface area (Å²) in [6.07, 6.45) is 0.334. The van der Waals surface area contributed by atoms with Gasteiger partial charge in [-0.1, -0.05) is 36.4 Å². The van der Waals surface area contributed by atoms with Crippen LogP contribution in [0.1, 0.15) is 22.4 Å². The Kier molecular flexibility index (Phi) is 5.17. The number of rotatable bonds is 5. The van der Waals surface area contributed by atoms with E-state index in [4.69, 9.17) is 4.74 Å². The van der Waals surface area contributed by atoms with E-state index in [-0.39, 0.29) is 5.91 Å². The van der Waals surface area contributed by atoms with Gasteiger partial charge >= 0.3 is 0 Å². The first-order valence-corrected chi connectivity index (χ1v) is 9.73. The molecule has 0 aliphatic heterocycles. The largest absolute Gasteiger partial charge is 0.497 e. The molecule has 3 aromatic carbocycles. The minimum atomic E-state index is 0.00288. The lowest BCUT2D eigenvalue weighted by molar-refractivity contribution is -0.120. The van der Waals surface area contributed by atoms with Crippen LogP contribution >= 0.6 is 0 Å². The van der Waals surface area contributed by atoms with Gasteiger partial charge in [0, 0.05) is 17.6 Å². The minimum Gasteiger partial charge on any atom is -0.497 e. The van der Waals surface area contributed by atoms with Crippen LogP contribution in [-0.4, -0.2) is 18.0 Å². The van der Waals surface area contributed by atoms with Crippen LogP contribution < -0.4 is 10.1 Å². The van der Waals surface area contributed by atoms with Gasteiger partial charge in [0.05, 0.1) is 19.0 Å². The number of nitrogens with zero attached hydrogens (tertiary/aromatic N) is 1. The molecule has 29 heavy (non-hydrogen) atoms. The Morgan fingerprint density at radius 1 is 1.00 bits per heavy atom. The van der Waals surface area contributed by atoms with Crippen molar-refractivity contribution in [1.29, 1.82) is 0 Å². The van der Waals surface area contributed by atoms with E-state index in [1.807, 2.05) is 49.4 Å². The molecular weight excluding hydrogens is 360 g/mol. The summed E-state index contributed by atoms with van der Waals surface area (Å²) in [6.45, 7) is 4.54. The van der Waals surface area contributed by atoms with E-state index in [1.54, 1.807) is 7.11 Å². The van der Waals surface area contributed by atoms with Gasteiger partial charge < -0.3 is 10.1 Å². The van der Waals surface area contributed by atoms with Crippen LogP contribution in [0.3, 0.4) is 0 Å². The molecule has 4 rings (SSSR count). The van der Waals surface area contributed by atoms with E-state index in [9.17, 15) is 4.79 Å². The van der Waals surface area contributed by atoms with E-state index in [0.29, 0.717) is 13.0 Å². The second kappa shape index (κ2) is 7.92. The van der Waals surface area contributed by atoms with Crippen LogP contribution in [0.25, 0.3) is 21.7 Å². The Bertz CT molecular complexity index is 1210. The number of carbonyl (C=O) groups excluding carboxylic acids is 1.